The number of hydrogen-bond donors (Lipinski definition) is 0. The number of ether oxygens (including phenoxy) is 1. The Morgan fingerprint density at radius 3 is 2.65 bits per heavy atom. The summed E-state index contributed by atoms with van der Waals surface area (Å²) >= 11 is 2.51. The van der Waals surface area contributed by atoms with Crippen molar-refractivity contribution in [2.24, 2.45) is 0 Å². The third-order valence-electron chi connectivity index (χ3n) is 4.60. The molecule has 1 unspecified atom stereocenters. The maximum absolute atomic E-state index is 13.0. The van der Waals surface area contributed by atoms with Gasteiger partial charge in [0.25, 0.3) is 11.6 Å². The van der Waals surface area contributed by atoms with Crippen LogP contribution in [0.3, 0.4) is 0 Å². The van der Waals surface area contributed by atoms with Gasteiger partial charge < -0.3 is 9.64 Å². The minimum absolute atomic E-state index is 0.0469. The van der Waals surface area contributed by atoms with Crippen LogP contribution >= 0.6 is 23.1 Å². The second kappa shape index (κ2) is 11.4. The van der Waals surface area contributed by atoms with E-state index >= 15 is 0 Å². The Morgan fingerprint density at radius 1 is 1.29 bits per heavy atom. The quantitative estimate of drug-likeness (QED) is 0.230. The minimum Gasteiger partial charge on any atom is -0.449 e. The monoisotopic (exact) mass is 496 g/mol. The van der Waals surface area contributed by atoms with Crippen molar-refractivity contribution in [2.75, 3.05) is 11.4 Å². The number of nitro benzene ring substituents is 1. The summed E-state index contributed by atoms with van der Waals surface area (Å²) in [6.45, 7) is 3.39. The summed E-state index contributed by atoms with van der Waals surface area (Å²) in [5.74, 6) is -1.37. The van der Waals surface area contributed by atoms with Gasteiger partial charge in [-0.2, -0.15) is 5.26 Å². The molecule has 1 heterocycles. The van der Waals surface area contributed by atoms with Crippen LogP contribution in [0.25, 0.3) is 0 Å². The van der Waals surface area contributed by atoms with Gasteiger partial charge in [0, 0.05) is 29.4 Å². The fourth-order valence-corrected chi connectivity index (χ4v) is 4.86. The van der Waals surface area contributed by atoms with E-state index in [2.05, 4.69) is 4.98 Å². The van der Waals surface area contributed by atoms with Gasteiger partial charge in [0.1, 0.15) is 0 Å². The largest absolute Gasteiger partial charge is 0.449 e. The van der Waals surface area contributed by atoms with Gasteiger partial charge in [0.15, 0.2) is 10.4 Å². The van der Waals surface area contributed by atoms with E-state index in [1.807, 2.05) is 18.4 Å². The standard InChI is InChI=1S/C23H20N4O5S2/c1-15-14-33-23(25-15)34-20-10-9-17(13-19(20)27(30)31)22(29)32-16(2)21(28)26(12-6-11-24)18-7-4-3-5-8-18/h3-5,7-10,13-14,16H,6,12H2,1-2H3. The lowest BCUT2D eigenvalue weighted by atomic mass is 10.2. The molecule has 0 spiro atoms. The molecule has 3 aromatic rings. The minimum atomic E-state index is -1.17. The molecule has 1 aromatic heterocycles. The maximum Gasteiger partial charge on any atom is 0.339 e. The number of para-hydroxylation sites is 1. The van der Waals surface area contributed by atoms with Gasteiger partial charge in [-0.05, 0) is 38.1 Å². The highest BCUT2D eigenvalue weighted by Gasteiger charge is 2.27. The van der Waals surface area contributed by atoms with Crippen molar-refractivity contribution in [1.82, 2.24) is 4.98 Å². The first-order valence-electron chi connectivity index (χ1n) is 10.1. The van der Waals surface area contributed by atoms with Crippen molar-refractivity contribution >= 4 is 46.3 Å². The number of rotatable bonds is 9. The van der Waals surface area contributed by atoms with E-state index in [0.717, 1.165) is 23.5 Å². The Kier molecular flexibility index (Phi) is 8.34. The van der Waals surface area contributed by atoms with Crippen LogP contribution in [0, 0.1) is 28.4 Å². The normalized spacial score (nSPS) is 11.3. The summed E-state index contributed by atoms with van der Waals surface area (Å²) in [6, 6.07) is 14.7. The SMILES string of the molecule is Cc1csc(Sc2ccc(C(=O)OC(C)C(=O)N(CCC#N)c3ccccc3)cc2[N+](=O)[O-])n1. The second-order valence-electron chi connectivity index (χ2n) is 7.08. The molecule has 0 aliphatic carbocycles. The smallest absolute Gasteiger partial charge is 0.339 e. The lowest BCUT2D eigenvalue weighted by Crippen LogP contribution is -2.40. The Hall–Kier alpha value is -3.75. The molecule has 0 bridgehead atoms. The Labute approximate surface area is 204 Å². The van der Waals surface area contributed by atoms with Gasteiger partial charge in [-0.1, -0.05) is 30.0 Å². The summed E-state index contributed by atoms with van der Waals surface area (Å²) in [4.78, 5) is 42.7. The predicted octanol–water partition coefficient (Wildman–Crippen LogP) is 5.00. The molecule has 9 nitrogen and oxygen atoms in total. The molecule has 11 heteroatoms. The third kappa shape index (κ3) is 6.18. The number of aromatic nitrogens is 1. The number of amides is 1. The van der Waals surface area contributed by atoms with Crippen LogP contribution in [0.15, 0.2) is 63.1 Å². The number of nitriles is 1. The third-order valence-corrected chi connectivity index (χ3v) is 6.72. The molecule has 0 saturated carbocycles. The van der Waals surface area contributed by atoms with Gasteiger partial charge in [-0.3, -0.25) is 14.9 Å². The van der Waals surface area contributed by atoms with Crippen LogP contribution in [0.1, 0.15) is 29.4 Å². The first-order valence-corrected chi connectivity index (χ1v) is 11.8. The average Bonchev–Trinajstić information content (AvgIpc) is 3.24. The first kappa shape index (κ1) is 24.9. The molecule has 0 radical (unpaired) electrons. The topological polar surface area (TPSA) is 126 Å². The summed E-state index contributed by atoms with van der Waals surface area (Å²) in [5.41, 5.74) is 1.08. The lowest BCUT2D eigenvalue weighted by Gasteiger charge is -2.25. The number of nitro groups is 1. The highest BCUT2D eigenvalue weighted by molar-refractivity contribution is 8.01. The number of benzene rings is 2. The summed E-state index contributed by atoms with van der Waals surface area (Å²) in [6.07, 6.45) is -1.07. The number of esters is 1. The van der Waals surface area contributed by atoms with E-state index in [9.17, 15) is 19.7 Å². The zero-order chi connectivity index (χ0) is 24.7. The summed E-state index contributed by atoms with van der Waals surface area (Å²) in [7, 11) is 0. The van der Waals surface area contributed by atoms with Crippen molar-refractivity contribution in [3.05, 3.63) is 75.3 Å². The number of carbonyl (C=O) groups excluding carboxylic acids is 2. The molecular formula is C23H20N4O5S2. The zero-order valence-corrected chi connectivity index (χ0v) is 20.0. The number of nitrogens with zero attached hydrogens (tertiary/aromatic N) is 4. The highest BCUT2D eigenvalue weighted by Crippen LogP contribution is 2.37. The second-order valence-corrected chi connectivity index (χ2v) is 9.22. The van der Waals surface area contributed by atoms with E-state index in [0.29, 0.717) is 14.9 Å². The molecule has 0 saturated heterocycles. The maximum atomic E-state index is 13.0. The molecule has 34 heavy (non-hydrogen) atoms. The van der Waals surface area contributed by atoms with Gasteiger partial charge in [-0.15, -0.1) is 11.3 Å². The fourth-order valence-electron chi connectivity index (χ4n) is 2.98. The van der Waals surface area contributed by atoms with E-state index in [1.165, 1.54) is 35.3 Å². The highest BCUT2D eigenvalue weighted by atomic mass is 32.2. The average molecular weight is 497 g/mol. The number of carbonyl (C=O) groups is 2. The Balaban J connectivity index is 1.77. The van der Waals surface area contributed by atoms with Gasteiger partial charge >= 0.3 is 5.97 Å². The number of anilines is 1. The van der Waals surface area contributed by atoms with Crippen LogP contribution in [-0.2, 0) is 9.53 Å². The predicted molar refractivity (Wildman–Crippen MR) is 128 cm³/mol. The zero-order valence-electron chi connectivity index (χ0n) is 18.3. The Morgan fingerprint density at radius 2 is 2.03 bits per heavy atom. The molecule has 0 aliphatic rings. The van der Waals surface area contributed by atoms with Crippen molar-refractivity contribution in [3.8, 4) is 6.07 Å². The molecule has 1 atom stereocenters. The number of aryl methyl sites for hydroxylation is 1. The number of hydrogen-bond acceptors (Lipinski definition) is 9. The molecule has 3 rings (SSSR count). The summed E-state index contributed by atoms with van der Waals surface area (Å²) < 4.78 is 5.97. The van der Waals surface area contributed by atoms with Crippen LogP contribution in [0.4, 0.5) is 11.4 Å². The van der Waals surface area contributed by atoms with Crippen LogP contribution in [0.2, 0.25) is 0 Å². The van der Waals surface area contributed by atoms with Crippen LogP contribution < -0.4 is 4.90 Å². The molecule has 0 aliphatic heterocycles. The molecule has 0 N–H and O–H groups in total. The first-order chi connectivity index (χ1) is 16.3. The van der Waals surface area contributed by atoms with Crippen molar-refractivity contribution < 1.29 is 19.2 Å². The van der Waals surface area contributed by atoms with Crippen molar-refractivity contribution in [1.29, 1.82) is 5.26 Å². The fraction of sp³-hybridized carbons (Fsp3) is 0.217. The molecule has 2 aromatic carbocycles. The van der Waals surface area contributed by atoms with Crippen LogP contribution in [0.5, 0.6) is 0 Å². The number of thiazole rings is 1. The molecular weight excluding hydrogens is 476 g/mol. The molecule has 174 valence electrons. The van der Waals surface area contributed by atoms with Crippen molar-refractivity contribution in [2.45, 2.75) is 35.6 Å². The van der Waals surface area contributed by atoms with Gasteiger partial charge in [-0.25, -0.2) is 9.78 Å². The molecule has 0 fully saturated rings. The lowest BCUT2D eigenvalue weighted by molar-refractivity contribution is -0.387. The van der Waals surface area contributed by atoms with Crippen LogP contribution in [-0.4, -0.2) is 34.4 Å². The van der Waals surface area contributed by atoms with E-state index in [-0.39, 0.29) is 24.2 Å². The van der Waals surface area contributed by atoms with E-state index < -0.39 is 22.9 Å². The summed E-state index contributed by atoms with van der Waals surface area (Å²) in [5, 5.41) is 22.4. The molecule has 1 amide bonds. The van der Waals surface area contributed by atoms with Crippen molar-refractivity contribution in [3.63, 3.8) is 0 Å². The van der Waals surface area contributed by atoms with E-state index in [1.54, 1.807) is 30.3 Å². The van der Waals surface area contributed by atoms with E-state index in [4.69, 9.17) is 10.00 Å². The van der Waals surface area contributed by atoms with Gasteiger partial charge in [0.05, 0.1) is 27.9 Å². The Bertz CT molecular complexity index is 1240. The van der Waals surface area contributed by atoms with Gasteiger partial charge in [0.2, 0.25) is 0 Å².